The van der Waals surface area contributed by atoms with E-state index in [0.717, 1.165) is 16.7 Å². The van der Waals surface area contributed by atoms with Crippen LogP contribution in [0.1, 0.15) is 36.5 Å². The van der Waals surface area contributed by atoms with Crippen LogP contribution in [0.2, 0.25) is 0 Å². The van der Waals surface area contributed by atoms with Gasteiger partial charge in [-0.2, -0.15) is 17.8 Å². The van der Waals surface area contributed by atoms with Gasteiger partial charge >= 0.3 is 6.61 Å². The Labute approximate surface area is 217 Å². The van der Waals surface area contributed by atoms with E-state index in [1.54, 1.807) is 0 Å². The summed E-state index contributed by atoms with van der Waals surface area (Å²) in [5.74, 6) is -1.71. The first kappa shape index (κ1) is 27.4. The molecule has 0 radical (unpaired) electrons. The molecule has 2 aromatic rings. The Bertz CT molecular complexity index is 1320. The van der Waals surface area contributed by atoms with Gasteiger partial charge in [0.05, 0.1) is 12.6 Å². The van der Waals surface area contributed by atoms with Crippen LogP contribution in [0.25, 0.3) is 0 Å². The average molecular weight is 553 g/mol. The van der Waals surface area contributed by atoms with Crippen LogP contribution in [0.3, 0.4) is 0 Å². The molecule has 2 amide bonds. The van der Waals surface area contributed by atoms with E-state index in [4.69, 9.17) is 0 Å². The molecule has 14 heteroatoms. The zero-order valence-corrected chi connectivity index (χ0v) is 21.1. The number of fused-ring (bicyclic) bond motifs is 1. The maximum absolute atomic E-state index is 13.5. The van der Waals surface area contributed by atoms with Gasteiger partial charge in [0.15, 0.2) is 18.2 Å². The monoisotopic (exact) mass is 552 g/mol. The molecule has 2 saturated heterocycles. The summed E-state index contributed by atoms with van der Waals surface area (Å²) >= 11 is 0. The number of sulfonamides is 1. The van der Waals surface area contributed by atoms with E-state index in [0.29, 0.717) is 11.2 Å². The molecule has 1 N–H and O–H groups in total. The van der Waals surface area contributed by atoms with Crippen LogP contribution < -0.4 is 14.8 Å². The predicted octanol–water partition coefficient (Wildman–Crippen LogP) is 1.06. The second-order valence-electron chi connectivity index (χ2n) is 8.97. The number of likely N-dealkylation sites (tertiary alicyclic amines) is 1. The van der Waals surface area contributed by atoms with E-state index in [1.807, 2.05) is 6.92 Å². The summed E-state index contributed by atoms with van der Waals surface area (Å²) in [6.07, 6.45) is 3.04. The highest BCUT2D eigenvalue weighted by molar-refractivity contribution is 7.89. The van der Waals surface area contributed by atoms with Gasteiger partial charge in [-0.25, -0.2) is 8.42 Å². The number of hydrogen-bond donors (Lipinski definition) is 1. The summed E-state index contributed by atoms with van der Waals surface area (Å²) in [7, 11) is -4.17. The third-order valence-electron chi connectivity index (χ3n) is 6.54. The molecule has 38 heavy (non-hydrogen) atoms. The second kappa shape index (κ2) is 11.0. The zero-order valence-electron chi connectivity index (χ0n) is 20.3. The minimum absolute atomic E-state index is 0.109. The number of amides is 2. The van der Waals surface area contributed by atoms with Crippen molar-refractivity contribution < 1.29 is 41.0 Å². The van der Waals surface area contributed by atoms with Crippen LogP contribution in [0.5, 0.6) is 5.75 Å². The Balaban J connectivity index is 1.49. The number of alkyl halides is 2. The molecule has 204 valence electrons. The van der Waals surface area contributed by atoms with Gasteiger partial charge in [0.2, 0.25) is 15.9 Å². The smallest absolute Gasteiger partial charge is 0.387 e. The molecule has 2 fully saturated rings. The normalized spacial score (nSPS) is 20.4. The first-order valence-electron chi connectivity index (χ1n) is 11.9. The number of aromatic nitrogens is 1. The summed E-state index contributed by atoms with van der Waals surface area (Å²) in [6.45, 7) is -1.52. The Hall–Kier alpha value is -3.65. The minimum atomic E-state index is -4.17. The predicted molar refractivity (Wildman–Crippen MR) is 127 cm³/mol. The largest absolute Gasteiger partial charge is 0.619 e. The van der Waals surface area contributed by atoms with Crippen LogP contribution in [0, 0.1) is 5.21 Å². The lowest BCUT2D eigenvalue weighted by Crippen LogP contribution is -2.52. The van der Waals surface area contributed by atoms with Gasteiger partial charge in [-0.15, -0.1) is 0 Å². The van der Waals surface area contributed by atoms with Crippen LogP contribution in [-0.4, -0.2) is 73.0 Å². The number of nitrogens with zero attached hydrogens (tertiary/aromatic N) is 3. The number of rotatable bonds is 9. The maximum Gasteiger partial charge on any atom is 0.387 e. The first-order valence-corrected chi connectivity index (χ1v) is 13.4. The van der Waals surface area contributed by atoms with E-state index in [2.05, 4.69) is 10.1 Å². The van der Waals surface area contributed by atoms with Gasteiger partial charge in [0.25, 0.3) is 5.91 Å². The summed E-state index contributed by atoms with van der Waals surface area (Å²) in [6, 6.07) is 4.73. The molecular formula is C24H26F2N4O7S. The quantitative estimate of drug-likeness (QED) is 0.362. The number of pyridine rings is 1. The average Bonchev–Trinajstić information content (AvgIpc) is 3.45. The Kier molecular flexibility index (Phi) is 7.92. The molecule has 0 aliphatic carbocycles. The van der Waals surface area contributed by atoms with Crippen molar-refractivity contribution in [2.75, 3.05) is 13.1 Å². The number of hydrogen-bond acceptors (Lipinski definition) is 7. The van der Waals surface area contributed by atoms with Crippen molar-refractivity contribution >= 4 is 27.6 Å². The number of benzene rings is 1. The zero-order chi connectivity index (χ0) is 27.6. The number of carbonyl (C=O) groups is 3. The summed E-state index contributed by atoms with van der Waals surface area (Å²) < 4.78 is 56.8. The van der Waals surface area contributed by atoms with Crippen molar-refractivity contribution in [3.63, 3.8) is 0 Å². The molecule has 11 nitrogen and oxygen atoms in total. The van der Waals surface area contributed by atoms with E-state index in [1.165, 1.54) is 41.3 Å². The molecular weight excluding hydrogens is 526 g/mol. The highest BCUT2D eigenvalue weighted by atomic mass is 32.2. The molecule has 0 saturated carbocycles. The third-order valence-corrected chi connectivity index (χ3v) is 8.39. The molecule has 2 aliphatic rings. The Morgan fingerprint density at radius 2 is 1.95 bits per heavy atom. The topological polar surface area (TPSA) is 140 Å². The first-order chi connectivity index (χ1) is 18.0. The van der Waals surface area contributed by atoms with Crippen molar-refractivity contribution in [1.82, 2.24) is 14.5 Å². The molecule has 1 aromatic heterocycles. The summed E-state index contributed by atoms with van der Waals surface area (Å²) in [4.78, 5) is 40.3. The molecule has 1 aromatic carbocycles. The number of halogens is 2. The molecule has 0 bridgehead atoms. The minimum Gasteiger partial charge on any atom is -0.619 e. The fraction of sp³-hybridized carbons (Fsp3) is 0.417. The number of nitrogens with one attached hydrogen (secondary N) is 1. The number of Topliss-reactive ketones (excluding diaryl/α,β-unsaturated/α-hetero) is 1. The third kappa shape index (κ3) is 5.45. The highest BCUT2D eigenvalue weighted by Gasteiger charge is 2.54. The Morgan fingerprint density at radius 3 is 2.58 bits per heavy atom. The second-order valence-corrected chi connectivity index (χ2v) is 10.9. The van der Waals surface area contributed by atoms with Crippen LogP contribution >= 0.6 is 0 Å². The van der Waals surface area contributed by atoms with Gasteiger partial charge < -0.3 is 20.2 Å². The van der Waals surface area contributed by atoms with Crippen LogP contribution in [0.15, 0.2) is 53.7 Å². The fourth-order valence-electron chi connectivity index (χ4n) is 4.84. The summed E-state index contributed by atoms with van der Waals surface area (Å²) in [5.41, 5.74) is 0.118. The van der Waals surface area contributed by atoms with Crippen molar-refractivity contribution in [2.45, 2.75) is 55.8 Å². The molecule has 3 unspecified atom stereocenters. The standard InChI is InChI=1S/C24H26F2N4O7S/c1-2-4-18(27-22(32)15-6-8-16(9-7-15)37-24(25)26)23(33)29-12-10-19-21(29)20(31)14-30(19)38(35,36)17-5-3-11-28(34)13-17/h3,5-9,11,13,18-19,21,24H,2,4,10,12,14H2,1H3,(H,27,32). The lowest BCUT2D eigenvalue weighted by molar-refractivity contribution is -0.607. The van der Waals surface area contributed by atoms with Gasteiger partial charge in [-0.1, -0.05) is 13.3 Å². The van der Waals surface area contributed by atoms with Crippen molar-refractivity contribution in [3.05, 3.63) is 59.6 Å². The van der Waals surface area contributed by atoms with Gasteiger partial charge in [-0.3, -0.25) is 14.4 Å². The van der Waals surface area contributed by atoms with Crippen LogP contribution in [-0.2, 0) is 19.6 Å². The van der Waals surface area contributed by atoms with E-state index < -0.39 is 58.9 Å². The number of carbonyl (C=O) groups excluding carboxylic acids is 3. The summed E-state index contributed by atoms with van der Waals surface area (Å²) in [5, 5.41) is 14.3. The van der Waals surface area contributed by atoms with E-state index in [-0.39, 0.29) is 35.6 Å². The van der Waals surface area contributed by atoms with Crippen molar-refractivity contribution in [3.8, 4) is 5.75 Å². The fourth-order valence-corrected chi connectivity index (χ4v) is 6.47. The SMILES string of the molecule is CCCC(NC(=O)c1ccc(OC(F)F)cc1)C(=O)N1CCC2C1C(=O)CN2S(=O)(=O)c1ccc[n+]([O-])c1. The molecule has 0 spiro atoms. The molecule has 3 atom stereocenters. The molecule has 3 heterocycles. The lowest BCUT2D eigenvalue weighted by Gasteiger charge is -2.28. The highest BCUT2D eigenvalue weighted by Crippen LogP contribution is 2.34. The van der Waals surface area contributed by atoms with Crippen molar-refractivity contribution in [1.29, 1.82) is 0 Å². The lowest BCUT2D eigenvalue weighted by atomic mass is 10.1. The van der Waals surface area contributed by atoms with E-state index >= 15 is 0 Å². The molecule has 2 aliphatic heterocycles. The Morgan fingerprint density at radius 1 is 1.24 bits per heavy atom. The van der Waals surface area contributed by atoms with Gasteiger partial charge in [0.1, 0.15) is 22.7 Å². The van der Waals surface area contributed by atoms with Gasteiger partial charge in [0, 0.05) is 18.2 Å². The van der Waals surface area contributed by atoms with Gasteiger partial charge in [-0.05, 0) is 43.2 Å². The molecule has 4 rings (SSSR count). The van der Waals surface area contributed by atoms with Crippen molar-refractivity contribution in [2.24, 2.45) is 0 Å². The number of ether oxygens (including phenoxy) is 1. The number of ketones is 1. The van der Waals surface area contributed by atoms with Crippen LogP contribution in [0.4, 0.5) is 8.78 Å². The van der Waals surface area contributed by atoms with E-state index in [9.17, 15) is 36.8 Å². The maximum atomic E-state index is 13.5.